The number of amides is 1. The second kappa shape index (κ2) is 9.08. The molecule has 0 aliphatic carbocycles. The summed E-state index contributed by atoms with van der Waals surface area (Å²) in [7, 11) is 0. The van der Waals surface area contributed by atoms with E-state index in [1.807, 2.05) is 19.1 Å². The van der Waals surface area contributed by atoms with E-state index in [0.717, 1.165) is 5.56 Å². The van der Waals surface area contributed by atoms with Crippen LogP contribution in [-0.2, 0) is 10.2 Å². The fraction of sp³-hybridized carbons (Fsp3) is 0.409. The summed E-state index contributed by atoms with van der Waals surface area (Å²) < 4.78 is 42.9. The number of carbonyl (C=O) groups excluding carboxylic acids is 1. The lowest BCUT2D eigenvalue weighted by atomic mass is 9.79. The van der Waals surface area contributed by atoms with E-state index in [4.69, 9.17) is 34.8 Å². The van der Waals surface area contributed by atoms with Gasteiger partial charge in [0.1, 0.15) is 5.41 Å². The monoisotopic (exact) mass is 492 g/mol. The highest BCUT2D eigenvalue weighted by Crippen LogP contribution is 2.50. The van der Waals surface area contributed by atoms with Crippen molar-refractivity contribution in [3.05, 3.63) is 62.6 Å². The van der Waals surface area contributed by atoms with Gasteiger partial charge in [-0.15, -0.1) is 0 Å². The molecule has 3 nitrogen and oxygen atoms in total. The Morgan fingerprint density at radius 3 is 2.26 bits per heavy atom. The summed E-state index contributed by atoms with van der Waals surface area (Å²) in [5.41, 5.74) is -0.543. The van der Waals surface area contributed by atoms with Gasteiger partial charge >= 0.3 is 6.18 Å². The summed E-state index contributed by atoms with van der Waals surface area (Å²) in [6.07, 6.45) is -4.24. The summed E-state index contributed by atoms with van der Waals surface area (Å²) in [4.78, 5) is 13.3. The fourth-order valence-corrected chi connectivity index (χ4v) is 4.49. The van der Waals surface area contributed by atoms with Gasteiger partial charge in [0.05, 0.1) is 21.1 Å². The number of nitrogens with zero attached hydrogens (tertiary/aromatic N) is 1. The van der Waals surface area contributed by atoms with Gasteiger partial charge in [0.15, 0.2) is 0 Å². The van der Waals surface area contributed by atoms with Crippen molar-refractivity contribution in [2.45, 2.75) is 44.3 Å². The maximum Gasteiger partial charge on any atom is 0.400 e. The molecule has 1 aliphatic heterocycles. The zero-order valence-corrected chi connectivity index (χ0v) is 19.3. The zero-order valence-electron chi connectivity index (χ0n) is 17.0. The van der Waals surface area contributed by atoms with Crippen LogP contribution in [0.5, 0.6) is 0 Å². The number of benzene rings is 2. The van der Waals surface area contributed by atoms with Crippen molar-refractivity contribution in [3.8, 4) is 0 Å². The zero-order chi connectivity index (χ0) is 23.0. The van der Waals surface area contributed by atoms with Crippen LogP contribution in [0.1, 0.15) is 43.9 Å². The lowest BCUT2D eigenvalue weighted by Crippen LogP contribution is -2.44. The Hall–Kier alpha value is -1.63. The smallest absolute Gasteiger partial charge is 0.370 e. The predicted molar refractivity (Wildman–Crippen MR) is 119 cm³/mol. The summed E-state index contributed by atoms with van der Waals surface area (Å²) in [6.45, 7) is 3.60. The average molecular weight is 494 g/mol. The fourth-order valence-electron chi connectivity index (χ4n) is 3.89. The van der Waals surface area contributed by atoms with Crippen LogP contribution in [0.4, 0.5) is 18.9 Å². The highest BCUT2D eigenvalue weighted by Gasteiger charge is 2.59. The summed E-state index contributed by atoms with van der Waals surface area (Å²) in [5.74, 6) is -0.0635. The number of rotatable bonds is 5. The number of halogens is 6. The molecule has 1 heterocycles. The van der Waals surface area contributed by atoms with E-state index in [9.17, 15) is 18.0 Å². The molecule has 1 N–H and O–H groups in total. The van der Waals surface area contributed by atoms with Gasteiger partial charge in [0.25, 0.3) is 0 Å². The molecule has 168 valence electrons. The normalized spacial score (nSPS) is 20.1. The van der Waals surface area contributed by atoms with Gasteiger partial charge in [0.2, 0.25) is 5.91 Å². The number of hydrogen-bond donors (Lipinski definition) is 1. The van der Waals surface area contributed by atoms with Gasteiger partial charge in [-0.3, -0.25) is 4.79 Å². The Morgan fingerprint density at radius 2 is 1.74 bits per heavy atom. The van der Waals surface area contributed by atoms with E-state index in [1.54, 1.807) is 24.0 Å². The summed E-state index contributed by atoms with van der Waals surface area (Å²) in [5, 5.41) is 2.91. The van der Waals surface area contributed by atoms with Crippen LogP contribution in [0.25, 0.3) is 0 Å². The Balaban J connectivity index is 1.87. The van der Waals surface area contributed by atoms with E-state index < -0.39 is 11.6 Å². The molecule has 0 bridgehead atoms. The topological polar surface area (TPSA) is 32.3 Å². The van der Waals surface area contributed by atoms with E-state index in [1.165, 1.54) is 12.1 Å². The minimum absolute atomic E-state index is 0.00120. The molecule has 0 spiro atoms. The minimum Gasteiger partial charge on any atom is -0.370 e. The summed E-state index contributed by atoms with van der Waals surface area (Å²) in [6, 6.07) is 9.52. The molecule has 1 aliphatic rings. The molecule has 2 aromatic rings. The standard InChI is InChI=1S/C22H22Cl3F3N2O/c1-3-19(31)29-13(2)14-4-6-16(7-5-14)30-9-8-21(12-30,22(26,27)28)15-10-17(23)20(25)18(24)11-15/h4-7,10-11,13H,3,8-9,12H2,1-2H3,(H,29,31). The Morgan fingerprint density at radius 1 is 1.16 bits per heavy atom. The first kappa shape index (κ1) is 24.0. The van der Waals surface area contributed by atoms with E-state index in [2.05, 4.69) is 5.32 Å². The molecule has 2 atom stereocenters. The molecule has 9 heteroatoms. The highest BCUT2D eigenvalue weighted by atomic mass is 35.5. The number of anilines is 1. The molecule has 3 rings (SSSR count). The van der Waals surface area contributed by atoms with Crippen molar-refractivity contribution < 1.29 is 18.0 Å². The van der Waals surface area contributed by atoms with Crippen molar-refractivity contribution in [2.24, 2.45) is 0 Å². The van der Waals surface area contributed by atoms with Gasteiger partial charge in [-0.05, 0) is 48.7 Å². The van der Waals surface area contributed by atoms with Crippen LogP contribution < -0.4 is 10.2 Å². The third kappa shape index (κ3) is 4.76. The van der Waals surface area contributed by atoms with Crippen LogP contribution >= 0.6 is 34.8 Å². The van der Waals surface area contributed by atoms with Crippen molar-refractivity contribution in [1.82, 2.24) is 5.32 Å². The maximum absolute atomic E-state index is 14.3. The van der Waals surface area contributed by atoms with E-state index >= 15 is 0 Å². The number of hydrogen-bond acceptors (Lipinski definition) is 2. The van der Waals surface area contributed by atoms with Gasteiger partial charge in [-0.25, -0.2) is 0 Å². The Bertz CT molecular complexity index is 942. The third-order valence-electron chi connectivity index (χ3n) is 5.81. The molecule has 1 fully saturated rings. The van der Waals surface area contributed by atoms with Crippen LogP contribution in [0, 0.1) is 0 Å². The second-order valence-electron chi connectivity index (χ2n) is 7.74. The van der Waals surface area contributed by atoms with Gasteiger partial charge in [-0.2, -0.15) is 13.2 Å². The van der Waals surface area contributed by atoms with Crippen LogP contribution in [0.2, 0.25) is 15.1 Å². The lowest BCUT2D eigenvalue weighted by molar-refractivity contribution is -0.184. The first-order valence-electron chi connectivity index (χ1n) is 9.84. The number of alkyl halides is 3. The van der Waals surface area contributed by atoms with Gasteiger partial charge < -0.3 is 10.2 Å². The quantitative estimate of drug-likeness (QED) is 0.457. The van der Waals surface area contributed by atoms with Gasteiger partial charge in [-0.1, -0.05) is 53.9 Å². The highest BCUT2D eigenvalue weighted by molar-refractivity contribution is 6.48. The molecule has 1 amide bonds. The molecular weight excluding hydrogens is 472 g/mol. The van der Waals surface area contributed by atoms with Crippen molar-refractivity contribution in [1.29, 1.82) is 0 Å². The number of nitrogens with one attached hydrogen (secondary N) is 1. The molecule has 0 aromatic heterocycles. The molecule has 1 saturated heterocycles. The molecule has 31 heavy (non-hydrogen) atoms. The first-order chi connectivity index (χ1) is 14.5. The average Bonchev–Trinajstić information content (AvgIpc) is 3.18. The summed E-state index contributed by atoms with van der Waals surface area (Å²) >= 11 is 18.0. The van der Waals surface area contributed by atoms with Gasteiger partial charge in [0, 0.05) is 25.2 Å². The lowest BCUT2D eigenvalue weighted by Gasteiger charge is -2.33. The predicted octanol–water partition coefficient (Wildman–Crippen LogP) is 6.94. The molecule has 2 aromatic carbocycles. The van der Waals surface area contributed by atoms with Crippen LogP contribution in [0.3, 0.4) is 0 Å². The maximum atomic E-state index is 14.3. The van der Waals surface area contributed by atoms with Crippen molar-refractivity contribution in [3.63, 3.8) is 0 Å². The molecule has 0 saturated carbocycles. The third-order valence-corrected chi connectivity index (χ3v) is 7.00. The Kier molecular flexibility index (Phi) is 7.04. The first-order valence-corrected chi connectivity index (χ1v) is 11.0. The van der Waals surface area contributed by atoms with Crippen LogP contribution in [-0.4, -0.2) is 25.2 Å². The molecule has 2 unspecified atom stereocenters. The largest absolute Gasteiger partial charge is 0.400 e. The molecular formula is C22H22Cl3F3N2O. The Labute approximate surface area is 194 Å². The van der Waals surface area contributed by atoms with Crippen molar-refractivity contribution in [2.75, 3.05) is 18.0 Å². The second-order valence-corrected chi connectivity index (χ2v) is 8.93. The van der Waals surface area contributed by atoms with E-state index in [0.29, 0.717) is 12.1 Å². The number of carbonyl (C=O) groups is 1. The SMILES string of the molecule is CCC(=O)NC(C)c1ccc(N2CCC(c3cc(Cl)c(Cl)c(Cl)c3)(C(F)(F)F)C2)cc1. The van der Waals surface area contributed by atoms with Crippen molar-refractivity contribution >= 4 is 46.4 Å². The minimum atomic E-state index is -4.50. The molecule has 0 radical (unpaired) electrons. The van der Waals surface area contributed by atoms with Crippen LogP contribution in [0.15, 0.2) is 36.4 Å². The van der Waals surface area contributed by atoms with E-state index in [-0.39, 0.29) is 52.1 Å².